The molecule has 0 aromatic heterocycles. The number of nitrogens with one attached hydrogen (secondary N) is 1. The quantitative estimate of drug-likeness (QED) is 0.291. The van der Waals surface area contributed by atoms with Crippen molar-refractivity contribution in [2.24, 2.45) is 10.9 Å². The van der Waals surface area contributed by atoms with E-state index in [-0.39, 0.29) is 11.9 Å². The van der Waals surface area contributed by atoms with E-state index in [1.807, 2.05) is 18.2 Å². The van der Waals surface area contributed by atoms with E-state index in [0.717, 1.165) is 18.5 Å². The van der Waals surface area contributed by atoms with E-state index in [1.54, 1.807) is 7.11 Å². The Balaban J connectivity index is 2.73. The molecule has 1 unspecified atom stereocenters. The van der Waals surface area contributed by atoms with Crippen LogP contribution in [0.3, 0.4) is 0 Å². The van der Waals surface area contributed by atoms with E-state index in [9.17, 15) is 0 Å². The van der Waals surface area contributed by atoms with Crippen LogP contribution in [0, 0.1) is 0 Å². The molecule has 0 fully saturated rings. The zero-order valence-electron chi connectivity index (χ0n) is 11.6. The summed E-state index contributed by atoms with van der Waals surface area (Å²) in [5.74, 6) is 0.244. The van der Waals surface area contributed by atoms with Crippen molar-refractivity contribution in [3.05, 3.63) is 29.8 Å². The number of amidine groups is 1. The number of hydrogen-bond donors (Lipinski definition) is 3. The summed E-state index contributed by atoms with van der Waals surface area (Å²) < 4.78 is 5.11. The molecule has 1 aromatic carbocycles. The molecule has 0 bridgehead atoms. The molecule has 0 aliphatic heterocycles. The standard InChI is InChI=1S/C14H23N3O2/c1-3-12(10-14(15)17-18)16-13-7-5-4-6-11(13)8-9-19-2/h4-7,12,16,18H,3,8-10H2,1-2H3,(H2,15,17). The Bertz CT molecular complexity index is 407. The Kier molecular flexibility index (Phi) is 6.74. The van der Waals surface area contributed by atoms with Gasteiger partial charge in [0, 0.05) is 25.3 Å². The monoisotopic (exact) mass is 265 g/mol. The molecule has 1 rings (SSSR count). The summed E-state index contributed by atoms with van der Waals surface area (Å²) in [6, 6.07) is 8.28. The second-order valence-electron chi connectivity index (χ2n) is 4.44. The number of nitrogens with two attached hydrogens (primary N) is 1. The summed E-state index contributed by atoms with van der Waals surface area (Å²) in [6.45, 7) is 2.76. The van der Waals surface area contributed by atoms with Crippen LogP contribution in [-0.4, -0.2) is 30.8 Å². The average molecular weight is 265 g/mol. The van der Waals surface area contributed by atoms with Crippen molar-refractivity contribution in [2.75, 3.05) is 19.0 Å². The molecule has 5 nitrogen and oxygen atoms in total. The van der Waals surface area contributed by atoms with Crippen molar-refractivity contribution in [2.45, 2.75) is 32.2 Å². The number of benzene rings is 1. The van der Waals surface area contributed by atoms with E-state index >= 15 is 0 Å². The van der Waals surface area contributed by atoms with E-state index in [1.165, 1.54) is 5.56 Å². The first kappa shape index (κ1) is 15.3. The summed E-state index contributed by atoms with van der Waals surface area (Å²) in [4.78, 5) is 0. The Morgan fingerprint density at radius 1 is 1.47 bits per heavy atom. The van der Waals surface area contributed by atoms with Crippen LogP contribution in [0.25, 0.3) is 0 Å². The van der Waals surface area contributed by atoms with Crippen LogP contribution in [0.4, 0.5) is 5.69 Å². The van der Waals surface area contributed by atoms with Gasteiger partial charge in [0.2, 0.25) is 0 Å². The van der Waals surface area contributed by atoms with E-state index in [0.29, 0.717) is 13.0 Å². The molecule has 0 heterocycles. The normalized spacial score (nSPS) is 13.3. The third-order valence-electron chi connectivity index (χ3n) is 3.03. The zero-order chi connectivity index (χ0) is 14.1. The third-order valence-corrected chi connectivity index (χ3v) is 3.03. The molecule has 5 heteroatoms. The van der Waals surface area contributed by atoms with Crippen molar-refractivity contribution in [1.29, 1.82) is 0 Å². The van der Waals surface area contributed by atoms with Crippen molar-refractivity contribution < 1.29 is 9.94 Å². The summed E-state index contributed by atoms with van der Waals surface area (Å²) in [5.41, 5.74) is 7.85. The molecule has 1 aromatic rings. The fourth-order valence-corrected chi connectivity index (χ4v) is 1.90. The minimum absolute atomic E-state index is 0.152. The maximum atomic E-state index is 8.63. The fourth-order valence-electron chi connectivity index (χ4n) is 1.90. The Morgan fingerprint density at radius 3 is 2.84 bits per heavy atom. The van der Waals surface area contributed by atoms with Crippen LogP contribution < -0.4 is 11.1 Å². The average Bonchev–Trinajstić information content (AvgIpc) is 2.45. The van der Waals surface area contributed by atoms with Gasteiger partial charge >= 0.3 is 0 Å². The molecule has 0 saturated carbocycles. The lowest BCUT2D eigenvalue weighted by molar-refractivity contribution is 0.202. The molecule has 0 spiro atoms. The highest BCUT2D eigenvalue weighted by Gasteiger charge is 2.10. The van der Waals surface area contributed by atoms with Gasteiger partial charge in [0.05, 0.1) is 6.61 Å². The predicted molar refractivity (Wildman–Crippen MR) is 77.7 cm³/mol. The number of hydrogen-bond acceptors (Lipinski definition) is 4. The molecule has 0 amide bonds. The van der Waals surface area contributed by atoms with Crippen molar-refractivity contribution in [3.63, 3.8) is 0 Å². The van der Waals surface area contributed by atoms with Crippen molar-refractivity contribution in [3.8, 4) is 0 Å². The first-order valence-corrected chi connectivity index (χ1v) is 6.51. The van der Waals surface area contributed by atoms with Gasteiger partial charge in [-0.05, 0) is 24.5 Å². The van der Waals surface area contributed by atoms with Gasteiger partial charge in [0.15, 0.2) is 0 Å². The first-order chi connectivity index (χ1) is 9.21. The molecule has 19 heavy (non-hydrogen) atoms. The summed E-state index contributed by atoms with van der Waals surface area (Å²) in [5, 5.41) is 15.1. The van der Waals surface area contributed by atoms with Gasteiger partial charge in [0.1, 0.15) is 5.84 Å². The summed E-state index contributed by atoms with van der Waals surface area (Å²) in [7, 11) is 1.70. The van der Waals surface area contributed by atoms with Crippen LogP contribution in [0.2, 0.25) is 0 Å². The minimum atomic E-state index is 0.152. The summed E-state index contributed by atoms with van der Waals surface area (Å²) in [6.07, 6.45) is 2.28. The second-order valence-corrected chi connectivity index (χ2v) is 4.44. The van der Waals surface area contributed by atoms with E-state index < -0.39 is 0 Å². The van der Waals surface area contributed by atoms with Gasteiger partial charge in [0.25, 0.3) is 0 Å². The topological polar surface area (TPSA) is 79.9 Å². The number of methoxy groups -OCH3 is 1. The van der Waals surface area contributed by atoms with Crippen LogP contribution in [0.1, 0.15) is 25.3 Å². The van der Waals surface area contributed by atoms with Gasteiger partial charge in [-0.3, -0.25) is 0 Å². The first-order valence-electron chi connectivity index (χ1n) is 6.51. The number of oxime groups is 1. The maximum absolute atomic E-state index is 8.63. The number of ether oxygens (including phenoxy) is 1. The SMILES string of the molecule is CCC(C/C(N)=N/O)Nc1ccccc1CCOC. The smallest absolute Gasteiger partial charge is 0.141 e. The summed E-state index contributed by atoms with van der Waals surface area (Å²) >= 11 is 0. The predicted octanol–water partition coefficient (Wildman–Crippen LogP) is 2.20. The van der Waals surface area contributed by atoms with Gasteiger partial charge in [-0.25, -0.2) is 0 Å². The molecule has 106 valence electrons. The van der Waals surface area contributed by atoms with Gasteiger partial charge < -0.3 is 21.0 Å². The van der Waals surface area contributed by atoms with Crippen molar-refractivity contribution >= 4 is 11.5 Å². The van der Waals surface area contributed by atoms with Crippen LogP contribution in [0.15, 0.2) is 29.4 Å². The highest BCUT2D eigenvalue weighted by Crippen LogP contribution is 2.18. The zero-order valence-corrected chi connectivity index (χ0v) is 11.6. The van der Waals surface area contributed by atoms with Gasteiger partial charge in [-0.1, -0.05) is 30.3 Å². The Labute approximate surface area is 114 Å². The number of anilines is 1. The molecular weight excluding hydrogens is 242 g/mol. The fraction of sp³-hybridized carbons (Fsp3) is 0.500. The lowest BCUT2D eigenvalue weighted by Gasteiger charge is -2.20. The molecule has 0 aliphatic carbocycles. The molecule has 4 N–H and O–H groups in total. The molecule has 0 aliphatic rings. The van der Waals surface area contributed by atoms with Crippen LogP contribution in [-0.2, 0) is 11.2 Å². The number of nitrogens with zero attached hydrogens (tertiary/aromatic N) is 1. The highest BCUT2D eigenvalue weighted by molar-refractivity contribution is 5.80. The highest BCUT2D eigenvalue weighted by atomic mass is 16.5. The van der Waals surface area contributed by atoms with Crippen LogP contribution in [0.5, 0.6) is 0 Å². The maximum Gasteiger partial charge on any atom is 0.141 e. The van der Waals surface area contributed by atoms with Crippen molar-refractivity contribution in [1.82, 2.24) is 0 Å². The largest absolute Gasteiger partial charge is 0.409 e. The molecular formula is C14H23N3O2. The number of rotatable bonds is 8. The third kappa shape index (κ3) is 5.18. The van der Waals surface area contributed by atoms with Gasteiger partial charge in [-0.2, -0.15) is 0 Å². The Morgan fingerprint density at radius 2 is 2.21 bits per heavy atom. The number of para-hydroxylation sites is 1. The molecule has 0 saturated heterocycles. The lowest BCUT2D eigenvalue weighted by Crippen LogP contribution is -2.27. The second kappa shape index (κ2) is 8.37. The minimum Gasteiger partial charge on any atom is -0.409 e. The molecule has 1 atom stereocenters. The molecule has 0 radical (unpaired) electrons. The van der Waals surface area contributed by atoms with E-state index in [2.05, 4.69) is 23.5 Å². The lowest BCUT2D eigenvalue weighted by atomic mass is 10.1. The van der Waals surface area contributed by atoms with E-state index in [4.69, 9.17) is 15.7 Å². The van der Waals surface area contributed by atoms with Crippen LogP contribution >= 0.6 is 0 Å². The van der Waals surface area contributed by atoms with Gasteiger partial charge in [-0.15, -0.1) is 0 Å². The Hall–Kier alpha value is -1.75.